The van der Waals surface area contributed by atoms with Crippen molar-refractivity contribution in [3.8, 4) is 5.75 Å². The Kier molecular flexibility index (Phi) is 7.08. The number of amides is 1. The minimum Gasteiger partial charge on any atom is -0.504 e. The number of carbonyl (C=O) groups excluding carboxylic acids is 1. The number of rotatable bonds is 3. The molecule has 4 rings (SSSR count). The zero-order valence-electron chi connectivity index (χ0n) is 17.0. The molecule has 2 heterocycles. The molecule has 0 bridgehead atoms. The van der Waals surface area contributed by atoms with Crippen LogP contribution in [0.15, 0.2) is 29.2 Å². The number of benzene rings is 1. The Morgan fingerprint density at radius 1 is 1.33 bits per heavy atom. The molecule has 1 aliphatic carbocycles. The van der Waals surface area contributed by atoms with Crippen LogP contribution in [0.2, 0.25) is 0 Å². The molecule has 154 valence electrons. The molecule has 2 N–H and O–H groups in total. The normalized spacial score (nSPS) is 22.2. The van der Waals surface area contributed by atoms with Crippen molar-refractivity contribution < 1.29 is 70.1 Å². The maximum absolute atomic E-state index is 13.7. The molecule has 1 aliphatic heterocycles. The van der Waals surface area contributed by atoms with Crippen molar-refractivity contribution in [3.05, 3.63) is 62.7 Å². The Labute approximate surface area is 215 Å². The van der Waals surface area contributed by atoms with Gasteiger partial charge in [-0.1, -0.05) is 32.0 Å². The second kappa shape index (κ2) is 9.08. The first-order valence-corrected chi connectivity index (χ1v) is 9.69. The summed E-state index contributed by atoms with van der Waals surface area (Å²) in [5, 5.41) is 17.5. The molecule has 2 aromatic rings. The van der Waals surface area contributed by atoms with E-state index < -0.39 is 28.7 Å². The molecule has 0 radical (unpaired) electrons. The van der Waals surface area contributed by atoms with E-state index in [-0.39, 0.29) is 80.4 Å². The van der Waals surface area contributed by atoms with Crippen molar-refractivity contribution in [1.29, 1.82) is 0 Å². The van der Waals surface area contributed by atoms with Crippen molar-refractivity contribution in [1.82, 2.24) is 9.88 Å². The number of carbonyl (C=O) groups is 1. The molecule has 1 amide bonds. The number of fused-ring (bicyclic) bond motifs is 1. The van der Waals surface area contributed by atoms with E-state index in [0.717, 1.165) is 37.8 Å². The van der Waals surface area contributed by atoms with E-state index in [1.54, 1.807) is 4.57 Å². The smallest absolute Gasteiger partial charge is 0.504 e. The molecule has 30 heavy (non-hydrogen) atoms. The van der Waals surface area contributed by atoms with Crippen molar-refractivity contribution >= 4 is 11.7 Å². The first-order valence-electron chi connectivity index (χ1n) is 9.69. The third-order valence-corrected chi connectivity index (χ3v) is 5.94. The van der Waals surface area contributed by atoms with Gasteiger partial charge in [0.2, 0.25) is 5.43 Å². The second-order valence-corrected chi connectivity index (χ2v) is 8.11. The first-order chi connectivity index (χ1) is 13.8. The molecule has 1 aromatic carbocycles. The topological polar surface area (TPSA) is 85.4 Å². The van der Waals surface area contributed by atoms with E-state index in [1.165, 1.54) is 12.3 Å². The summed E-state index contributed by atoms with van der Waals surface area (Å²) < 4.78 is 28.4. The van der Waals surface area contributed by atoms with Crippen LogP contribution in [0.1, 0.15) is 48.5 Å². The van der Waals surface area contributed by atoms with Gasteiger partial charge >= 0.3 is 51.4 Å². The summed E-state index contributed by atoms with van der Waals surface area (Å²) in [5.74, 6) is -1.93. The van der Waals surface area contributed by atoms with Crippen molar-refractivity contribution in [2.75, 3.05) is 0 Å². The van der Waals surface area contributed by atoms with Gasteiger partial charge in [0, 0.05) is 18.2 Å². The molecule has 1 saturated carbocycles. The largest absolute Gasteiger partial charge is 1.00 e. The average Bonchev–Trinajstić information content (AvgIpc) is 3.05. The van der Waals surface area contributed by atoms with E-state index in [1.807, 2.05) is 0 Å². The molecule has 2 aliphatic rings. The van der Waals surface area contributed by atoms with E-state index in [9.17, 15) is 23.5 Å². The fourth-order valence-corrected chi connectivity index (χ4v) is 4.12. The van der Waals surface area contributed by atoms with Crippen LogP contribution in [0.25, 0.3) is 5.32 Å². The molecular weight excluding hydrogens is 419 g/mol. The summed E-state index contributed by atoms with van der Waals surface area (Å²) in [7, 11) is 0. The standard InChI is InChI=1S/C21H23F2N3O3.K/c1-12-4-6-21(7-5-12)11-26-10-15(17(27)18(28)19(26)25-21)20(29)24-9-13-2-3-14(22)8-16(13)23;/h2-3,8,10,12H,4-7,9,11H2,1H3,(H3,24,25,27,28,29);/q;+1/p-1. The SMILES string of the molecule is CC1CCC2(CC1)Cn1cc(C(=O)NCc3ccc(F)cc3F)c(=O)c(O)c1[N-]2.[K+]. The van der Waals surface area contributed by atoms with E-state index >= 15 is 0 Å². The maximum Gasteiger partial charge on any atom is 1.00 e. The van der Waals surface area contributed by atoms with E-state index in [0.29, 0.717) is 12.5 Å². The summed E-state index contributed by atoms with van der Waals surface area (Å²) in [6.07, 6.45) is 5.20. The molecule has 1 aromatic heterocycles. The number of pyridine rings is 1. The van der Waals surface area contributed by atoms with Gasteiger partial charge in [-0.3, -0.25) is 9.59 Å². The molecular formula is C21H22F2KN3O3. The number of nitrogens with zero attached hydrogens (tertiary/aromatic N) is 2. The van der Waals surface area contributed by atoms with Crippen LogP contribution in [0.5, 0.6) is 5.75 Å². The molecule has 0 unspecified atom stereocenters. The molecule has 6 nitrogen and oxygen atoms in total. The number of hydrogen-bond acceptors (Lipinski definition) is 3. The fourth-order valence-electron chi connectivity index (χ4n) is 4.12. The van der Waals surface area contributed by atoms with Crippen LogP contribution in [0.4, 0.5) is 14.6 Å². The van der Waals surface area contributed by atoms with Crippen molar-refractivity contribution in [2.45, 2.75) is 51.2 Å². The summed E-state index contributed by atoms with van der Waals surface area (Å²) in [5.41, 5.74) is -1.28. The van der Waals surface area contributed by atoms with Crippen LogP contribution >= 0.6 is 0 Å². The maximum atomic E-state index is 13.7. The second-order valence-electron chi connectivity index (χ2n) is 8.11. The number of halogens is 2. The monoisotopic (exact) mass is 441 g/mol. The van der Waals surface area contributed by atoms with Crippen molar-refractivity contribution in [2.24, 2.45) is 5.92 Å². The Hall–Kier alpha value is -1.26. The third kappa shape index (κ3) is 4.50. The van der Waals surface area contributed by atoms with Gasteiger partial charge in [-0.15, -0.1) is 0 Å². The summed E-state index contributed by atoms with van der Waals surface area (Å²) in [6, 6.07) is 3.04. The number of hydrogen-bond donors (Lipinski definition) is 2. The number of aromatic hydroxyl groups is 1. The summed E-state index contributed by atoms with van der Waals surface area (Å²) in [4.78, 5) is 25.0. The fraction of sp³-hybridized carbons (Fsp3) is 0.429. The van der Waals surface area contributed by atoms with Gasteiger partial charge in [0.05, 0.1) is 5.56 Å². The van der Waals surface area contributed by atoms with Crippen LogP contribution in [0.3, 0.4) is 0 Å². The molecule has 9 heteroatoms. The summed E-state index contributed by atoms with van der Waals surface area (Å²) in [6.45, 7) is 2.50. The zero-order valence-corrected chi connectivity index (χ0v) is 20.2. The van der Waals surface area contributed by atoms with Gasteiger partial charge in [0.1, 0.15) is 11.6 Å². The Bertz CT molecular complexity index is 1030. The number of aromatic nitrogens is 1. The molecule has 0 atom stereocenters. The predicted molar refractivity (Wildman–Crippen MR) is 103 cm³/mol. The Morgan fingerprint density at radius 2 is 2.03 bits per heavy atom. The van der Waals surface area contributed by atoms with Crippen molar-refractivity contribution in [3.63, 3.8) is 0 Å². The predicted octanol–water partition coefficient (Wildman–Crippen LogP) is 0.734. The van der Waals surface area contributed by atoms with Gasteiger partial charge in [-0.25, -0.2) is 8.78 Å². The van der Waals surface area contributed by atoms with E-state index in [4.69, 9.17) is 0 Å². The van der Waals surface area contributed by atoms with Gasteiger partial charge < -0.3 is 20.3 Å². The third-order valence-electron chi connectivity index (χ3n) is 5.94. The van der Waals surface area contributed by atoms with Crippen LogP contribution in [-0.4, -0.2) is 21.1 Å². The quantitative estimate of drug-likeness (QED) is 0.689. The Morgan fingerprint density at radius 3 is 2.70 bits per heavy atom. The van der Waals surface area contributed by atoms with E-state index in [2.05, 4.69) is 17.6 Å². The molecule has 0 saturated heterocycles. The molecule has 1 spiro atoms. The van der Waals surface area contributed by atoms with Gasteiger partial charge in [-0.05, 0) is 42.7 Å². The minimum atomic E-state index is -0.807. The van der Waals surface area contributed by atoms with Crippen LogP contribution < -0.4 is 62.1 Å². The summed E-state index contributed by atoms with van der Waals surface area (Å²) >= 11 is 0. The zero-order chi connectivity index (χ0) is 20.8. The first kappa shape index (κ1) is 23.4. The van der Waals surface area contributed by atoms with Gasteiger partial charge in [0.25, 0.3) is 5.91 Å². The Balaban J connectivity index is 0.00000256. The molecule has 1 fully saturated rings. The van der Waals surface area contributed by atoms with Gasteiger partial charge in [-0.2, -0.15) is 0 Å². The number of nitrogens with one attached hydrogen (secondary N) is 1. The average molecular weight is 442 g/mol. The van der Waals surface area contributed by atoms with Crippen LogP contribution in [0, 0.1) is 17.6 Å². The minimum absolute atomic E-state index is 0. The van der Waals surface area contributed by atoms with Crippen LogP contribution in [-0.2, 0) is 13.1 Å². The van der Waals surface area contributed by atoms with Gasteiger partial charge in [0.15, 0.2) is 5.75 Å².